The monoisotopic (exact) mass is 419 g/mol. The van der Waals surface area contributed by atoms with Crippen LogP contribution in [0.4, 0.5) is 11.4 Å². The Morgan fingerprint density at radius 1 is 1.06 bits per heavy atom. The molecule has 0 bridgehead atoms. The van der Waals surface area contributed by atoms with E-state index in [2.05, 4.69) is 35.3 Å². The summed E-state index contributed by atoms with van der Waals surface area (Å²) in [5, 5.41) is 3.09. The van der Waals surface area contributed by atoms with Gasteiger partial charge in [-0.05, 0) is 60.6 Å². The predicted octanol–water partition coefficient (Wildman–Crippen LogP) is 4.53. The number of nitrogens with zero attached hydrogens (tertiary/aromatic N) is 2. The van der Waals surface area contributed by atoms with Gasteiger partial charge in [0.15, 0.2) is 0 Å². The molecule has 0 aromatic heterocycles. The van der Waals surface area contributed by atoms with Crippen molar-refractivity contribution in [2.45, 2.75) is 59.0 Å². The molecule has 1 unspecified atom stereocenters. The number of hydrogen-bond donors (Lipinski definition) is 1. The van der Waals surface area contributed by atoms with Gasteiger partial charge in [0, 0.05) is 43.9 Å². The van der Waals surface area contributed by atoms with Gasteiger partial charge in [0.2, 0.25) is 11.8 Å². The fourth-order valence-corrected chi connectivity index (χ4v) is 4.76. The van der Waals surface area contributed by atoms with E-state index in [1.54, 1.807) is 4.90 Å². The van der Waals surface area contributed by atoms with Gasteiger partial charge in [-0.15, -0.1) is 0 Å². The molecule has 164 valence electrons. The second kappa shape index (κ2) is 9.13. The third-order valence-electron chi connectivity index (χ3n) is 6.37. The van der Waals surface area contributed by atoms with Crippen molar-refractivity contribution in [2.75, 3.05) is 23.3 Å². The minimum absolute atomic E-state index is 0.0465. The molecule has 1 fully saturated rings. The molecule has 5 nitrogen and oxygen atoms in total. The molecule has 5 heteroatoms. The molecule has 0 saturated carbocycles. The van der Waals surface area contributed by atoms with Crippen molar-refractivity contribution in [1.82, 2.24) is 4.90 Å². The zero-order chi connectivity index (χ0) is 22.0. The summed E-state index contributed by atoms with van der Waals surface area (Å²) in [7, 11) is 0. The lowest BCUT2D eigenvalue weighted by molar-refractivity contribution is -0.140. The molecule has 1 atom stereocenters. The lowest BCUT2D eigenvalue weighted by Crippen LogP contribution is -2.50. The van der Waals surface area contributed by atoms with Crippen molar-refractivity contribution >= 4 is 23.2 Å². The maximum absolute atomic E-state index is 13.3. The van der Waals surface area contributed by atoms with Crippen LogP contribution in [0, 0.1) is 12.8 Å². The van der Waals surface area contributed by atoms with Crippen molar-refractivity contribution in [3.63, 3.8) is 0 Å². The minimum Gasteiger partial charge on any atom is -0.371 e. The maximum Gasteiger partial charge on any atom is 0.247 e. The normalized spacial score (nSPS) is 18.3. The Morgan fingerprint density at radius 3 is 2.45 bits per heavy atom. The Bertz CT molecular complexity index is 963. The molecule has 2 aliphatic rings. The fraction of sp³-hybridized carbons (Fsp3) is 0.462. The van der Waals surface area contributed by atoms with Crippen molar-refractivity contribution in [1.29, 1.82) is 0 Å². The highest BCUT2D eigenvalue weighted by molar-refractivity contribution is 5.98. The first kappa shape index (κ1) is 21.4. The van der Waals surface area contributed by atoms with Gasteiger partial charge in [0.1, 0.15) is 6.04 Å². The van der Waals surface area contributed by atoms with Gasteiger partial charge in [-0.25, -0.2) is 0 Å². The van der Waals surface area contributed by atoms with Crippen LogP contribution in [0.25, 0.3) is 0 Å². The first-order chi connectivity index (χ1) is 14.9. The van der Waals surface area contributed by atoms with Crippen molar-refractivity contribution in [3.8, 4) is 0 Å². The number of anilines is 2. The zero-order valence-electron chi connectivity index (χ0n) is 18.9. The summed E-state index contributed by atoms with van der Waals surface area (Å²) in [6.45, 7) is 8.86. The summed E-state index contributed by atoms with van der Waals surface area (Å²) in [6.07, 6.45) is 3.48. The van der Waals surface area contributed by atoms with Crippen LogP contribution in [0.2, 0.25) is 0 Å². The van der Waals surface area contributed by atoms with Crippen molar-refractivity contribution in [3.05, 3.63) is 59.2 Å². The van der Waals surface area contributed by atoms with Crippen LogP contribution in [-0.4, -0.2) is 35.8 Å². The van der Waals surface area contributed by atoms with Crippen LogP contribution in [0.5, 0.6) is 0 Å². The van der Waals surface area contributed by atoms with E-state index in [0.29, 0.717) is 19.4 Å². The molecule has 2 amide bonds. The van der Waals surface area contributed by atoms with E-state index in [1.165, 1.54) is 24.1 Å². The third-order valence-corrected chi connectivity index (χ3v) is 6.37. The molecule has 2 aromatic carbocycles. The van der Waals surface area contributed by atoms with Crippen LogP contribution in [0.15, 0.2) is 42.5 Å². The highest BCUT2D eigenvalue weighted by atomic mass is 16.2. The predicted molar refractivity (Wildman–Crippen MR) is 125 cm³/mol. The Hall–Kier alpha value is -2.82. The Morgan fingerprint density at radius 2 is 1.77 bits per heavy atom. The van der Waals surface area contributed by atoms with Gasteiger partial charge < -0.3 is 15.1 Å². The standard InChI is InChI=1S/C26H33N3O2/c1-18(2)14-25(30)29-17-21-9-5-4-8-20(21)16-24(29)26(31)27-22-10-11-23(19(3)15-22)28-12-6-7-13-28/h4-5,8-11,15,18,24H,6-7,12-14,16-17H2,1-3H3,(H,27,31). The van der Waals surface area contributed by atoms with E-state index in [1.807, 2.05) is 38.1 Å². The van der Waals surface area contributed by atoms with Gasteiger partial charge in [0.25, 0.3) is 0 Å². The quantitative estimate of drug-likeness (QED) is 0.774. The lowest BCUT2D eigenvalue weighted by atomic mass is 9.92. The van der Waals surface area contributed by atoms with Gasteiger partial charge in [0.05, 0.1) is 0 Å². The number of rotatable bonds is 5. The van der Waals surface area contributed by atoms with E-state index < -0.39 is 6.04 Å². The molecular weight excluding hydrogens is 386 g/mol. The van der Waals surface area contributed by atoms with Crippen molar-refractivity contribution in [2.24, 2.45) is 5.92 Å². The third kappa shape index (κ3) is 4.76. The van der Waals surface area contributed by atoms with Crippen LogP contribution < -0.4 is 10.2 Å². The molecule has 4 rings (SSSR count). The summed E-state index contributed by atoms with van der Waals surface area (Å²) in [4.78, 5) is 30.5. The van der Waals surface area contributed by atoms with Gasteiger partial charge in [-0.2, -0.15) is 0 Å². The Labute approximate surface area is 185 Å². The highest BCUT2D eigenvalue weighted by Gasteiger charge is 2.34. The fourth-order valence-electron chi connectivity index (χ4n) is 4.76. The SMILES string of the molecule is Cc1cc(NC(=O)C2Cc3ccccc3CN2C(=O)CC(C)C)ccc1N1CCCC1. The second-order valence-corrected chi connectivity index (χ2v) is 9.29. The Kier molecular flexibility index (Phi) is 6.30. The number of amides is 2. The van der Waals surface area contributed by atoms with Gasteiger partial charge in [-0.3, -0.25) is 9.59 Å². The number of benzene rings is 2. The van der Waals surface area contributed by atoms with Crippen LogP contribution in [0.1, 0.15) is 49.8 Å². The number of fused-ring (bicyclic) bond motifs is 1. The average Bonchev–Trinajstić information content (AvgIpc) is 3.27. The molecular formula is C26H33N3O2. The largest absolute Gasteiger partial charge is 0.371 e. The molecule has 0 aliphatic carbocycles. The summed E-state index contributed by atoms with van der Waals surface area (Å²) >= 11 is 0. The molecule has 0 radical (unpaired) electrons. The summed E-state index contributed by atoms with van der Waals surface area (Å²) in [5.41, 5.74) is 5.49. The van der Waals surface area contributed by atoms with E-state index in [0.717, 1.165) is 29.9 Å². The molecule has 2 aliphatic heterocycles. The number of nitrogens with one attached hydrogen (secondary N) is 1. The number of carbonyl (C=O) groups excluding carboxylic acids is 2. The number of hydrogen-bond acceptors (Lipinski definition) is 3. The topological polar surface area (TPSA) is 52.7 Å². The maximum atomic E-state index is 13.3. The smallest absolute Gasteiger partial charge is 0.247 e. The molecule has 0 spiro atoms. The lowest BCUT2D eigenvalue weighted by Gasteiger charge is -2.36. The highest BCUT2D eigenvalue weighted by Crippen LogP contribution is 2.28. The molecule has 1 saturated heterocycles. The minimum atomic E-state index is -0.486. The molecule has 2 heterocycles. The van der Waals surface area contributed by atoms with E-state index in [4.69, 9.17) is 0 Å². The summed E-state index contributed by atoms with van der Waals surface area (Å²) in [5.74, 6) is 0.194. The van der Waals surface area contributed by atoms with E-state index >= 15 is 0 Å². The van der Waals surface area contributed by atoms with Crippen LogP contribution >= 0.6 is 0 Å². The van der Waals surface area contributed by atoms with Crippen LogP contribution in [-0.2, 0) is 22.6 Å². The zero-order valence-corrected chi connectivity index (χ0v) is 18.9. The van der Waals surface area contributed by atoms with Gasteiger partial charge >= 0.3 is 0 Å². The Balaban J connectivity index is 1.53. The van der Waals surface area contributed by atoms with Crippen LogP contribution in [0.3, 0.4) is 0 Å². The molecule has 1 N–H and O–H groups in total. The number of carbonyl (C=O) groups is 2. The average molecular weight is 420 g/mol. The first-order valence-electron chi connectivity index (χ1n) is 11.4. The molecule has 31 heavy (non-hydrogen) atoms. The summed E-state index contributed by atoms with van der Waals surface area (Å²) < 4.78 is 0. The first-order valence-corrected chi connectivity index (χ1v) is 11.4. The number of aryl methyl sites for hydroxylation is 1. The second-order valence-electron chi connectivity index (χ2n) is 9.29. The van der Waals surface area contributed by atoms with Gasteiger partial charge in [-0.1, -0.05) is 38.1 Å². The van der Waals surface area contributed by atoms with E-state index in [-0.39, 0.29) is 17.7 Å². The molecule has 2 aromatic rings. The summed E-state index contributed by atoms with van der Waals surface area (Å²) in [6, 6.07) is 13.8. The van der Waals surface area contributed by atoms with E-state index in [9.17, 15) is 9.59 Å². The van der Waals surface area contributed by atoms with Crippen molar-refractivity contribution < 1.29 is 9.59 Å².